The van der Waals surface area contributed by atoms with Gasteiger partial charge in [0.25, 0.3) is 5.91 Å². The third-order valence-electron chi connectivity index (χ3n) is 6.94. The number of aliphatic hydroxyl groups is 1. The smallest absolute Gasteiger partial charge is 0.266 e. The maximum absolute atomic E-state index is 14.2. The number of benzene rings is 3. The Kier molecular flexibility index (Phi) is 10.2. The van der Waals surface area contributed by atoms with E-state index in [4.69, 9.17) is 19.6 Å². The van der Waals surface area contributed by atoms with Gasteiger partial charge < -0.3 is 14.6 Å². The first kappa shape index (κ1) is 30.6. The molecule has 1 heterocycles. The highest BCUT2D eigenvalue weighted by Gasteiger charge is 2.53. The zero-order valence-corrected chi connectivity index (χ0v) is 24.3. The fourth-order valence-corrected chi connectivity index (χ4v) is 4.70. The first-order valence-electron chi connectivity index (χ1n) is 14.1. The van der Waals surface area contributed by atoms with Crippen molar-refractivity contribution in [3.63, 3.8) is 0 Å². The minimum atomic E-state index is -1.43. The second-order valence-electron chi connectivity index (χ2n) is 11.4. The molecule has 0 saturated heterocycles. The van der Waals surface area contributed by atoms with Gasteiger partial charge in [0.2, 0.25) is 5.90 Å². The van der Waals surface area contributed by atoms with Crippen molar-refractivity contribution in [2.45, 2.75) is 51.7 Å². The summed E-state index contributed by atoms with van der Waals surface area (Å²) in [5.74, 6) is 0.609. The number of ether oxygens (including phenoxy) is 2. The number of azide groups is 1. The van der Waals surface area contributed by atoms with E-state index < -0.39 is 11.6 Å². The van der Waals surface area contributed by atoms with Gasteiger partial charge in [-0.2, -0.15) is 0 Å². The lowest BCUT2D eigenvalue weighted by Gasteiger charge is -2.31. The van der Waals surface area contributed by atoms with Crippen LogP contribution in [0.2, 0.25) is 0 Å². The van der Waals surface area contributed by atoms with Crippen LogP contribution in [-0.2, 0) is 16.0 Å². The number of amides is 1. The molecule has 4 rings (SSSR count). The lowest BCUT2D eigenvalue weighted by Crippen LogP contribution is -2.54. The van der Waals surface area contributed by atoms with Crippen molar-refractivity contribution in [3.05, 3.63) is 106 Å². The maximum Gasteiger partial charge on any atom is 0.266 e. The number of aliphatic imine (C=N–C) groups is 1. The summed E-state index contributed by atoms with van der Waals surface area (Å²) in [5.41, 5.74) is 16.4. The van der Waals surface area contributed by atoms with Crippen molar-refractivity contribution >= 4 is 17.5 Å². The average molecular weight is 571 g/mol. The normalized spacial score (nSPS) is 18.0. The van der Waals surface area contributed by atoms with E-state index in [0.717, 1.165) is 12.0 Å². The van der Waals surface area contributed by atoms with Crippen LogP contribution in [0.1, 0.15) is 56.4 Å². The SMILES string of the molecule is CC(C)(C)CCNNC(=O)[C@@]1(Cc2ccccc2N=[N+]=[N-])N=C(c2ccc(OCCCO)cc2)O[C@H]1c1ccccc1. The Labute approximate surface area is 246 Å². The second-order valence-corrected chi connectivity index (χ2v) is 11.4. The lowest BCUT2D eigenvalue weighted by atomic mass is 9.81. The van der Waals surface area contributed by atoms with Crippen molar-refractivity contribution in [1.29, 1.82) is 0 Å². The molecule has 0 fully saturated rings. The van der Waals surface area contributed by atoms with Gasteiger partial charge in [-0.25, -0.2) is 10.4 Å². The largest absolute Gasteiger partial charge is 0.494 e. The van der Waals surface area contributed by atoms with Crippen molar-refractivity contribution in [1.82, 2.24) is 10.9 Å². The van der Waals surface area contributed by atoms with Gasteiger partial charge in [-0.15, -0.1) is 0 Å². The lowest BCUT2D eigenvalue weighted by molar-refractivity contribution is -0.130. The topological polar surface area (TPSA) is 141 Å². The molecule has 0 bridgehead atoms. The van der Waals surface area contributed by atoms with Gasteiger partial charge in [0.1, 0.15) is 5.75 Å². The summed E-state index contributed by atoms with van der Waals surface area (Å²) in [6.07, 6.45) is 0.743. The molecule has 1 aliphatic heterocycles. The molecule has 3 N–H and O–H groups in total. The summed E-state index contributed by atoms with van der Waals surface area (Å²) in [6, 6.07) is 24.0. The number of carbonyl (C=O) groups is 1. The quantitative estimate of drug-likeness (QED) is 0.0766. The van der Waals surface area contributed by atoms with Gasteiger partial charge in [0.05, 0.1) is 6.61 Å². The molecule has 0 radical (unpaired) electrons. The monoisotopic (exact) mass is 570 g/mol. The number of hydrazine groups is 1. The zero-order valence-electron chi connectivity index (χ0n) is 24.3. The highest BCUT2D eigenvalue weighted by Crippen LogP contribution is 2.43. The van der Waals surface area contributed by atoms with Crippen molar-refractivity contribution < 1.29 is 19.4 Å². The first-order chi connectivity index (χ1) is 20.3. The van der Waals surface area contributed by atoms with E-state index in [9.17, 15) is 10.3 Å². The standard InChI is InChI=1S/C32H38N6O4/c1-31(2,3)18-19-34-37-30(40)32(22-25-12-7-8-13-27(25)36-38-33)28(23-10-5-4-6-11-23)42-29(35-32)24-14-16-26(17-15-24)41-21-9-20-39/h4-8,10-17,28,34,39H,9,18-22H2,1-3H3,(H,37,40)/t28-,32-/m0/s1. The number of rotatable bonds is 13. The van der Waals surface area contributed by atoms with E-state index in [1.807, 2.05) is 54.6 Å². The number of hydrogen-bond acceptors (Lipinski definition) is 7. The molecule has 220 valence electrons. The Morgan fingerprint density at radius 2 is 1.81 bits per heavy atom. The predicted octanol–water partition coefficient (Wildman–Crippen LogP) is 5.95. The molecular weight excluding hydrogens is 532 g/mol. The summed E-state index contributed by atoms with van der Waals surface area (Å²) in [7, 11) is 0. The van der Waals surface area contributed by atoms with Crippen LogP contribution >= 0.6 is 0 Å². The number of nitrogens with zero attached hydrogens (tertiary/aromatic N) is 4. The summed E-state index contributed by atoms with van der Waals surface area (Å²) >= 11 is 0. The number of carbonyl (C=O) groups excluding carboxylic acids is 1. The van der Waals surface area contributed by atoms with Crippen LogP contribution in [0.4, 0.5) is 5.69 Å². The molecule has 3 aromatic carbocycles. The van der Waals surface area contributed by atoms with Gasteiger partial charge in [-0.05, 0) is 52.8 Å². The van der Waals surface area contributed by atoms with E-state index in [-0.39, 0.29) is 24.3 Å². The highest BCUT2D eigenvalue weighted by atomic mass is 16.5. The Balaban J connectivity index is 1.76. The van der Waals surface area contributed by atoms with Crippen LogP contribution in [0.5, 0.6) is 5.75 Å². The second kappa shape index (κ2) is 14.0. The summed E-state index contributed by atoms with van der Waals surface area (Å²) in [4.78, 5) is 22.2. The number of nitrogens with one attached hydrogen (secondary N) is 2. The van der Waals surface area contributed by atoms with E-state index in [0.29, 0.717) is 48.0 Å². The molecule has 0 spiro atoms. The van der Waals surface area contributed by atoms with Crippen LogP contribution in [0.3, 0.4) is 0 Å². The third kappa shape index (κ3) is 7.67. The first-order valence-corrected chi connectivity index (χ1v) is 14.1. The predicted molar refractivity (Wildman–Crippen MR) is 162 cm³/mol. The Morgan fingerprint density at radius 1 is 1.10 bits per heavy atom. The fourth-order valence-electron chi connectivity index (χ4n) is 4.70. The molecule has 0 saturated carbocycles. The van der Waals surface area contributed by atoms with Crippen LogP contribution in [0.15, 0.2) is 89.0 Å². The van der Waals surface area contributed by atoms with Crippen LogP contribution < -0.4 is 15.6 Å². The molecule has 0 aromatic heterocycles. The zero-order chi connectivity index (χ0) is 30.0. The molecule has 10 heteroatoms. The van der Waals surface area contributed by atoms with Crippen LogP contribution in [0, 0.1) is 5.41 Å². The Morgan fingerprint density at radius 3 is 2.50 bits per heavy atom. The molecule has 3 aromatic rings. The summed E-state index contributed by atoms with van der Waals surface area (Å²) in [6.45, 7) is 7.45. The van der Waals surface area contributed by atoms with E-state index in [1.165, 1.54) is 0 Å². The van der Waals surface area contributed by atoms with Gasteiger partial charge in [0, 0.05) is 42.2 Å². The van der Waals surface area contributed by atoms with E-state index in [2.05, 4.69) is 41.6 Å². The minimum absolute atomic E-state index is 0.0572. The van der Waals surface area contributed by atoms with Crippen LogP contribution in [0.25, 0.3) is 10.4 Å². The molecule has 1 aliphatic rings. The minimum Gasteiger partial charge on any atom is -0.494 e. The molecule has 0 aliphatic carbocycles. The van der Waals surface area contributed by atoms with Crippen molar-refractivity contribution in [3.8, 4) is 5.75 Å². The number of aliphatic hydroxyl groups excluding tert-OH is 1. The summed E-state index contributed by atoms with van der Waals surface area (Å²) in [5, 5.41) is 12.9. The molecule has 10 nitrogen and oxygen atoms in total. The van der Waals surface area contributed by atoms with E-state index in [1.54, 1.807) is 24.3 Å². The molecule has 1 amide bonds. The van der Waals surface area contributed by atoms with Gasteiger partial charge >= 0.3 is 0 Å². The third-order valence-corrected chi connectivity index (χ3v) is 6.94. The molecular formula is C32H38N6O4. The molecule has 0 unspecified atom stereocenters. The van der Waals surface area contributed by atoms with E-state index >= 15 is 0 Å². The molecule has 42 heavy (non-hydrogen) atoms. The Bertz CT molecular complexity index is 1410. The van der Waals surface area contributed by atoms with Crippen molar-refractivity contribution in [2.24, 2.45) is 15.5 Å². The maximum atomic E-state index is 14.2. The average Bonchev–Trinajstić information content (AvgIpc) is 3.37. The van der Waals surface area contributed by atoms with Crippen LogP contribution in [-0.4, -0.2) is 42.2 Å². The molecule has 2 atom stereocenters. The van der Waals surface area contributed by atoms with Gasteiger partial charge in [-0.3, -0.25) is 10.2 Å². The van der Waals surface area contributed by atoms with Gasteiger partial charge in [-0.1, -0.05) is 80.5 Å². The summed E-state index contributed by atoms with van der Waals surface area (Å²) < 4.78 is 12.2. The highest BCUT2D eigenvalue weighted by molar-refractivity contribution is 6.01. The van der Waals surface area contributed by atoms with Crippen molar-refractivity contribution in [2.75, 3.05) is 19.8 Å². The fraction of sp³-hybridized carbons (Fsp3) is 0.375. The van der Waals surface area contributed by atoms with Gasteiger partial charge in [0.15, 0.2) is 11.6 Å². The Hall–Kier alpha value is -4.37. The number of hydrogen-bond donors (Lipinski definition) is 3.